The van der Waals surface area contributed by atoms with Gasteiger partial charge >= 0.3 is 0 Å². The smallest absolute Gasteiger partial charge is 0.243 e. The standard InChI is InChI=1S/C13H17ClFNO3S/c1-13(2,17)12-4-3-7-16(12)20(18,19)9-5-6-11(15)10(14)8-9/h5-6,8,12,17H,3-4,7H2,1-2H3. The maximum absolute atomic E-state index is 13.1. The third-order valence-electron chi connectivity index (χ3n) is 3.52. The van der Waals surface area contributed by atoms with Gasteiger partial charge in [-0.15, -0.1) is 0 Å². The van der Waals surface area contributed by atoms with Crippen LogP contribution in [-0.2, 0) is 10.0 Å². The lowest BCUT2D eigenvalue weighted by atomic mass is 9.98. The number of nitrogens with zero attached hydrogens (tertiary/aromatic N) is 1. The highest BCUT2D eigenvalue weighted by Gasteiger charge is 2.42. The van der Waals surface area contributed by atoms with Gasteiger partial charge in [0.2, 0.25) is 10.0 Å². The summed E-state index contributed by atoms with van der Waals surface area (Å²) in [6.07, 6.45) is 1.28. The van der Waals surface area contributed by atoms with Gasteiger partial charge in [-0.3, -0.25) is 0 Å². The van der Waals surface area contributed by atoms with Crippen LogP contribution in [0.1, 0.15) is 26.7 Å². The van der Waals surface area contributed by atoms with Crippen LogP contribution in [0.5, 0.6) is 0 Å². The van der Waals surface area contributed by atoms with Crippen LogP contribution in [0.2, 0.25) is 5.02 Å². The summed E-state index contributed by atoms with van der Waals surface area (Å²) < 4.78 is 39.6. The number of benzene rings is 1. The predicted octanol–water partition coefficient (Wildman–Crippen LogP) is 2.40. The van der Waals surface area contributed by atoms with Gasteiger partial charge in [-0.05, 0) is 44.9 Å². The summed E-state index contributed by atoms with van der Waals surface area (Å²) in [5.41, 5.74) is -1.13. The molecule has 0 bridgehead atoms. The van der Waals surface area contributed by atoms with Gasteiger partial charge < -0.3 is 5.11 Å². The largest absolute Gasteiger partial charge is 0.389 e. The van der Waals surface area contributed by atoms with Crippen molar-refractivity contribution in [2.24, 2.45) is 0 Å². The minimum atomic E-state index is -3.79. The van der Waals surface area contributed by atoms with Crippen LogP contribution < -0.4 is 0 Å². The molecule has 1 aromatic carbocycles. The fourth-order valence-corrected chi connectivity index (χ4v) is 4.60. The highest BCUT2D eigenvalue weighted by Crippen LogP contribution is 2.33. The molecule has 1 heterocycles. The zero-order valence-corrected chi connectivity index (χ0v) is 12.9. The van der Waals surface area contributed by atoms with Gasteiger partial charge in [0.05, 0.1) is 21.6 Å². The van der Waals surface area contributed by atoms with E-state index < -0.39 is 27.5 Å². The van der Waals surface area contributed by atoms with E-state index in [0.29, 0.717) is 19.4 Å². The molecule has 0 spiro atoms. The zero-order valence-electron chi connectivity index (χ0n) is 11.3. The third kappa shape index (κ3) is 2.83. The molecule has 0 amide bonds. The van der Waals surface area contributed by atoms with Gasteiger partial charge in [-0.1, -0.05) is 11.6 Å². The molecule has 1 aliphatic rings. The van der Waals surface area contributed by atoms with E-state index >= 15 is 0 Å². The molecule has 0 aromatic heterocycles. The lowest BCUT2D eigenvalue weighted by Crippen LogP contribution is -2.48. The molecule has 1 fully saturated rings. The van der Waals surface area contributed by atoms with Crippen LogP contribution in [-0.4, -0.2) is 36.0 Å². The van der Waals surface area contributed by atoms with Crippen LogP contribution in [0, 0.1) is 5.82 Å². The number of sulfonamides is 1. The van der Waals surface area contributed by atoms with E-state index in [1.54, 1.807) is 13.8 Å². The molecular formula is C13H17ClFNO3S. The first-order valence-electron chi connectivity index (χ1n) is 6.33. The maximum atomic E-state index is 13.1. The van der Waals surface area contributed by atoms with Gasteiger partial charge in [0.1, 0.15) is 5.82 Å². The van der Waals surface area contributed by atoms with Crippen LogP contribution >= 0.6 is 11.6 Å². The topological polar surface area (TPSA) is 57.6 Å². The maximum Gasteiger partial charge on any atom is 0.243 e. The first-order valence-corrected chi connectivity index (χ1v) is 8.15. The Hall–Kier alpha value is -0.690. The van der Waals surface area contributed by atoms with Gasteiger partial charge in [-0.2, -0.15) is 4.31 Å². The summed E-state index contributed by atoms with van der Waals surface area (Å²) >= 11 is 5.65. The fourth-order valence-electron chi connectivity index (χ4n) is 2.51. The molecule has 4 nitrogen and oxygen atoms in total. The average Bonchev–Trinajstić information content (AvgIpc) is 2.82. The number of hydrogen-bond acceptors (Lipinski definition) is 3. The number of hydrogen-bond donors (Lipinski definition) is 1. The Morgan fingerprint density at radius 1 is 1.45 bits per heavy atom. The minimum absolute atomic E-state index is 0.0555. The molecule has 1 aliphatic heterocycles. The predicted molar refractivity (Wildman–Crippen MR) is 74.6 cm³/mol. The lowest BCUT2D eigenvalue weighted by Gasteiger charge is -2.33. The zero-order chi connectivity index (χ0) is 15.1. The summed E-state index contributed by atoms with van der Waals surface area (Å²) in [5, 5.41) is 9.87. The van der Waals surface area contributed by atoms with E-state index in [1.165, 1.54) is 10.4 Å². The highest BCUT2D eigenvalue weighted by molar-refractivity contribution is 7.89. The molecule has 1 N–H and O–H groups in total. The molecule has 1 aromatic rings. The molecule has 1 atom stereocenters. The Morgan fingerprint density at radius 2 is 2.10 bits per heavy atom. The van der Waals surface area contributed by atoms with E-state index in [0.717, 1.165) is 12.1 Å². The molecule has 0 radical (unpaired) electrons. The van der Waals surface area contributed by atoms with Crippen molar-refractivity contribution in [1.82, 2.24) is 4.31 Å². The number of aliphatic hydroxyl groups is 1. The van der Waals surface area contributed by atoms with Gasteiger partial charge in [-0.25, -0.2) is 12.8 Å². The molecule has 2 rings (SSSR count). The normalized spacial score (nSPS) is 21.4. The van der Waals surface area contributed by atoms with Crippen molar-refractivity contribution < 1.29 is 17.9 Å². The molecule has 1 unspecified atom stereocenters. The molecule has 20 heavy (non-hydrogen) atoms. The fraction of sp³-hybridized carbons (Fsp3) is 0.538. The second-order valence-electron chi connectivity index (χ2n) is 5.50. The van der Waals surface area contributed by atoms with Crippen LogP contribution in [0.4, 0.5) is 4.39 Å². The minimum Gasteiger partial charge on any atom is -0.389 e. The Kier molecular flexibility index (Phi) is 4.12. The molecule has 1 saturated heterocycles. The van der Waals surface area contributed by atoms with Crippen molar-refractivity contribution in [1.29, 1.82) is 0 Å². The second-order valence-corrected chi connectivity index (χ2v) is 7.80. The highest BCUT2D eigenvalue weighted by atomic mass is 35.5. The second kappa shape index (κ2) is 5.26. The molecular weight excluding hydrogens is 305 g/mol. The Bertz CT molecular complexity index is 613. The average molecular weight is 322 g/mol. The Morgan fingerprint density at radius 3 is 2.65 bits per heavy atom. The van der Waals surface area contributed by atoms with Crippen molar-refractivity contribution >= 4 is 21.6 Å². The summed E-state index contributed by atoms with van der Waals surface area (Å²) in [4.78, 5) is -0.0555. The quantitative estimate of drug-likeness (QED) is 0.930. The van der Waals surface area contributed by atoms with Crippen molar-refractivity contribution in [3.8, 4) is 0 Å². The number of rotatable bonds is 3. The first-order chi connectivity index (χ1) is 9.14. The molecule has 112 valence electrons. The summed E-state index contributed by atoms with van der Waals surface area (Å²) in [6, 6.07) is 2.84. The summed E-state index contributed by atoms with van der Waals surface area (Å²) in [7, 11) is -3.79. The van der Waals surface area contributed by atoms with Gasteiger partial charge in [0, 0.05) is 6.54 Å². The van der Waals surface area contributed by atoms with Crippen LogP contribution in [0.3, 0.4) is 0 Å². The van der Waals surface area contributed by atoms with Crippen molar-refractivity contribution in [2.45, 2.75) is 43.2 Å². The van der Waals surface area contributed by atoms with Crippen molar-refractivity contribution in [3.05, 3.63) is 29.0 Å². The van der Waals surface area contributed by atoms with E-state index in [-0.39, 0.29) is 9.92 Å². The van der Waals surface area contributed by atoms with E-state index in [9.17, 15) is 17.9 Å². The van der Waals surface area contributed by atoms with Crippen molar-refractivity contribution in [3.63, 3.8) is 0 Å². The van der Waals surface area contributed by atoms with Gasteiger partial charge in [0.15, 0.2) is 0 Å². The van der Waals surface area contributed by atoms with Gasteiger partial charge in [0.25, 0.3) is 0 Å². The SMILES string of the molecule is CC(C)(O)C1CCCN1S(=O)(=O)c1ccc(F)c(Cl)c1. The van der Waals surface area contributed by atoms with E-state index in [4.69, 9.17) is 11.6 Å². The molecule has 7 heteroatoms. The van der Waals surface area contributed by atoms with E-state index in [1.807, 2.05) is 0 Å². The van der Waals surface area contributed by atoms with E-state index in [2.05, 4.69) is 0 Å². The van der Waals surface area contributed by atoms with Crippen LogP contribution in [0.25, 0.3) is 0 Å². The molecule has 0 saturated carbocycles. The molecule has 0 aliphatic carbocycles. The lowest BCUT2D eigenvalue weighted by molar-refractivity contribution is 0.0215. The third-order valence-corrected chi connectivity index (χ3v) is 5.71. The summed E-state index contributed by atoms with van der Waals surface area (Å²) in [6.45, 7) is 3.51. The Labute approximate surface area is 123 Å². The number of halogens is 2. The monoisotopic (exact) mass is 321 g/mol. The van der Waals surface area contributed by atoms with Crippen molar-refractivity contribution in [2.75, 3.05) is 6.54 Å². The summed E-state index contributed by atoms with van der Waals surface area (Å²) in [5.74, 6) is -0.661. The van der Waals surface area contributed by atoms with Crippen LogP contribution in [0.15, 0.2) is 23.1 Å². The first kappa shape index (κ1) is 15.7. The Balaban J connectivity index is 2.41.